The molecule has 47 heavy (non-hydrogen) atoms. The Bertz CT molecular complexity index is 1610. The molecular formula is C37H42ClF2N3O4. The van der Waals surface area contributed by atoms with Crippen LogP contribution in [0, 0.1) is 18.6 Å². The van der Waals surface area contributed by atoms with Gasteiger partial charge in [-0.25, -0.2) is 13.8 Å². The largest absolute Gasteiger partial charge is 0.489 e. The summed E-state index contributed by atoms with van der Waals surface area (Å²) >= 11 is 5.88. The molecule has 250 valence electrons. The van der Waals surface area contributed by atoms with Crippen molar-refractivity contribution in [2.45, 2.75) is 83.0 Å². The first-order chi connectivity index (χ1) is 22.8. The summed E-state index contributed by atoms with van der Waals surface area (Å²) in [7, 11) is 1.68. The van der Waals surface area contributed by atoms with Gasteiger partial charge in [0.05, 0.1) is 13.2 Å². The smallest absolute Gasteiger partial charge is 0.252 e. The summed E-state index contributed by atoms with van der Waals surface area (Å²) < 4.78 is 44.3. The molecule has 1 saturated heterocycles. The van der Waals surface area contributed by atoms with Gasteiger partial charge in [-0.3, -0.25) is 4.79 Å². The van der Waals surface area contributed by atoms with Crippen LogP contribution in [0.3, 0.4) is 0 Å². The molecule has 1 amide bonds. The van der Waals surface area contributed by atoms with Crippen molar-refractivity contribution in [2.75, 3.05) is 26.9 Å². The Morgan fingerprint density at radius 1 is 0.979 bits per heavy atom. The highest BCUT2D eigenvalue weighted by Crippen LogP contribution is 2.40. The first-order valence-corrected chi connectivity index (χ1v) is 16.9. The van der Waals surface area contributed by atoms with Crippen LogP contribution < -0.4 is 14.8 Å². The number of nitrogens with zero attached hydrogens (tertiary/aromatic N) is 2. The van der Waals surface area contributed by atoms with Crippen molar-refractivity contribution in [3.05, 3.63) is 93.1 Å². The molecule has 3 aromatic rings. The fourth-order valence-electron chi connectivity index (χ4n) is 6.62. The van der Waals surface area contributed by atoms with Crippen LogP contribution >= 0.6 is 11.6 Å². The van der Waals surface area contributed by atoms with E-state index in [4.69, 9.17) is 25.8 Å². The van der Waals surface area contributed by atoms with E-state index in [0.717, 1.165) is 84.1 Å². The van der Waals surface area contributed by atoms with Crippen molar-refractivity contribution >= 4 is 23.1 Å². The second-order valence-corrected chi connectivity index (χ2v) is 13.0. The molecule has 0 unspecified atom stereocenters. The number of nitrogens with one attached hydrogen (secondary N) is 1. The number of hydrogen-bond acceptors (Lipinski definition) is 6. The van der Waals surface area contributed by atoms with Crippen molar-refractivity contribution in [2.24, 2.45) is 0 Å². The highest BCUT2D eigenvalue weighted by Gasteiger charge is 2.42. The molecule has 1 saturated carbocycles. The van der Waals surface area contributed by atoms with E-state index in [9.17, 15) is 13.6 Å². The number of hydrogen-bond donors (Lipinski definition) is 1. The molecule has 10 heteroatoms. The Labute approximate surface area is 280 Å². The van der Waals surface area contributed by atoms with E-state index >= 15 is 0 Å². The number of ether oxygens (including phenoxy) is 3. The van der Waals surface area contributed by atoms with E-state index in [1.165, 1.54) is 0 Å². The lowest BCUT2D eigenvalue weighted by Gasteiger charge is -2.32. The number of methoxy groups -OCH3 is 1. The zero-order valence-corrected chi connectivity index (χ0v) is 27.8. The summed E-state index contributed by atoms with van der Waals surface area (Å²) in [5.74, 6) is -0.922. The average molecular weight is 666 g/mol. The molecule has 7 nitrogen and oxygen atoms in total. The van der Waals surface area contributed by atoms with Crippen LogP contribution in [0.25, 0.3) is 5.57 Å². The molecule has 0 radical (unpaired) electrons. The van der Waals surface area contributed by atoms with Gasteiger partial charge in [0.15, 0.2) is 11.6 Å². The monoisotopic (exact) mass is 665 g/mol. The summed E-state index contributed by atoms with van der Waals surface area (Å²) in [6.07, 6.45) is 8.69. The molecule has 2 bridgehead atoms. The lowest BCUT2D eigenvalue weighted by molar-refractivity contribution is -0.128. The molecule has 2 aromatic carbocycles. The molecule has 1 N–H and O–H groups in total. The van der Waals surface area contributed by atoms with Crippen molar-refractivity contribution in [1.82, 2.24) is 15.2 Å². The number of fused-ring (bicyclic) bond motifs is 2. The quantitative estimate of drug-likeness (QED) is 0.137. The van der Waals surface area contributed by atoms with Gasteiger partial charge in [-0.05, 0) is 92.3 Å². The third-order valence-electron chi connectivity index (χ3n) is 9.35. The molecule has 2 aliphatic heterocycles. The van der Waals surface area contributed by atoms with Gasteiger partial charge in [-0.1, -0.05) is 35.9 Å². The molecule has 6 rings (SSSR count). The Hall–Kier alpha value is -3.53. The van der Waals surface area contributed by atoms with Crippen molar-refractivity contribution in [3.63, 3.8) is 0 Å². The van der Waals surface area contributed by atoms with Crippen LogP contribution in [0.4, 0.5) is 8.78 Å². The van der Waals surface area contributed by atoms with Crippen molar-refractivity contribution in [3.8, 4) is 11.6 Å². The second-order valence-electron chi connectivity index (χ2n) is 12.7. The van der Waals surface area contributed by atoms with Gasteiger partial charge < -0.3 is 24.4 Å². The maximum absolute atomic E-state index is 14.5. The number of aryl methyl sites for hydroxylation is 1. The Morgan fingerprint density at radius 3 is 2.51 bits per heavy atom. The second kappa shape index (κ2) is 15.1. The molecule has 2 atom stereocenters. The molecule has 1 aromatic heterocycles. The van der Waals surface area contributed by atoms with Gasteiger partial charge >= 0.3 is 0 Å². The lowest BCUT2D eigenvalue weighted by atomic mass is 9.88. The number of aromatic nitrogens is 1. The highest BCUT2D eigenvalue weighted by molar-refractivity contribution is 6.32. The zero-order valence-electron chi connectivity index (χ0n) is 27.0. The fourth-order valence-corrected chi connectivity index (χ4v) is 6.83. The van der Waals surface area contributed by atoms with Crippen LogP contribution in [0.1, 0.15) is 67.2 Å². The minimum atomic E-state index is -0.710. The molecule has 2 fully saturated rings. The Morgan fingerprint density at radius 2 is 1.74 bits per heavy atom. The van der Waals surface area contributed by atoms with Gasteiger partial charge in [-0.2, -0.15) is 0 Å². The zero-order chi connectivity index (χ0) is 32.9. The van der Waals surface area contributed by atoms with E-state index in [2.05, 4.69) is 39.5 Å². The van der Waals surface area contributed by atoms with E-state index in [-0.39, 0.29) is 35.4 Å². The van der Waals surface area contributed by atoms with E-state index in [0.29, 0.717) is 44.5 Å². The minimum Gasteiger partial charge on any atom is -0.489 e. The van der Waals surface area contributed by atoms with Gasteiger partial charge in [0, 0.05) is 62.1 Å². The highest BCUT2D eigenvalue weighted by atomic mass is 35.5. The lowest BCUT2D eigenvalue weighted by Crippen LogP contribution is -2.44. The topological polar surface area (TPSA) is 72.9 Å². The van der Waals surface area contributed by atoms with E-state index in [1.54, 1.807) is 13.3 Å². The summed E-state index contributed by atoms with van der Waals surface area (Å²) in [5.41, 5.74) is 6.21. The van der Waals surface area contributed by atoms with Crippen molar-refractivity contribution < 1.29 is 27.8 Å². The van der Waals surface area contributed by atoms with Gasteiger partial charge in [0.1, 0.15) is 10.8 Å². The summed E-state index contributed by atoms with van der Waals surface area (Å²) in [6.45, 7) is 3.89. The molecule has 3 aliphatic rings. The standard InChI is InChI=1S/C37H42ClF2N3O4/c1-23-26(16-17-41-36(23)47-20-4-18-45-2)22-43(28-11-12-28)37(44)33-29(21-27-10-15-32(33)42-27)25-8-6-24(7-9-25)5-3-19-46-35-31(40)14-13-30(39)34(35)38/h6-9,13-14,16-17,27-28,32,42H,3-5,10-12,15,18-22H2,1-2H3/t27-,32+/m0/s1. The number of halogens is 3. The number of carbonyl (C=O) groups is 1. The van der Waals surface area contributed by atoms with Gasteiger partial charge in [-0.15, -0.1) is 0 Å². The number of pyridine rings is 1. The van der Waals surface area contributed by atoms with Crippen LogP contribution in [-0.2, 0) is 22.5 Å². The molecule has 1 aliphatic carbocycles. The molecular weight excluding hydrogens is 624 g/mol. The summed E-state index contributed by atoms with van der Waals surface area (Å²) in [4.78, 5) is 21.0. The van der Waals surface area contributed by atoms with Crippen LogP contribution in [-0.4, -0.2) is 60.8 Å². The normalized spacial score (nSPS) is 18.8. The average Bonchev–Trinajstić information content (AvgIpc) is 3.86. The SMILES string of the molecule is COCCCOc1nccc(CN(C(=O)C2=C(c3ccc(CCCOc4c(F)ccc(F)c4Cl)cc3)C[C@@H]3CC[C@H]2N3)C2CC2)c1C. The van der Waals surface area contributed by atoms with Crippen LogP contribution in [0.5, 0.6) is 11.6 Å². The predicted molar refractivity (Wildman–Crippen MR) is 178 cm³/mol. The molecule has 0 spiro atoms. The first-order valence-electron chi connectivity index (χ1n) is 16.6. The maximum atomic E-state index is 14.5. The number of rotatable bonds is 15. The van der Waals surface area contributed by atoms with Crippen LogP contribution in [0.15, 0.2) is 54.2 Å². The molecule has 3 heterocycles. The third kappa shape index (κ3) is 7.79. The Kier molecular flexibility index (Phi) is 10.7. The number of carbonyl (C=O) groups excluding carboxylic acids is 1. The maximum Gasteiger partial charge on any atom is 0.252 e. The summed E-state index contributed by atoms with van der Waals surface area (Å²) in [6, 6.07) is 13.0. The summed E-state index contributed by atoms with van der Waals surface area (Å²) in [5, 5.41) is 3.36. The minimum absolute atomic E-state index is 0.0441. The van der Waals surface area contributed by atoms with Gasteiger partial charge in [0.25, 0.3) is 5.91 Å². The number of benzene rings is 2. The predicted octanol–water partition coefficient (Wildman–Crippen LogP) is 7.22. The van der Waals surface area contributed by atoms with Gasteiger partial charge in [0.2, 0.25) is 5.88 Å². The Balaban J connectivity index is 1.16. The van der Waals surface area contributed by atoms with E-state index < -0.39 is 11.6 Å². The third-order valence-corrected chi connectivity index (χ3v) is 9.70. The first kappa shape index (κ1) is 33.4. The van der Waals surface area contributed by atoms with Crippen LogP contribution in [0.2, 0.25) is 5.02 Å². The fraction of sp³-hybridized carbons (Fsp3) is 0.459. The number of amides is 1. The van der Waals surface area contributed by atoms with Crippen molar-refractivity contribution in [1.29, 1.82) is 0 Å². The van der Waals surface area contributed by atoms with E-state index in [1.807, 2.05) is 13.0 Å².